The second-order valence-corrected chi connectivity index (χ2v) is 7.47. The molecule has 0 amide bonds. The third-order valence-electron chi connectivity index (χ3n) is 1.60. The van der Waals surface area contributed by atoms with Crippen LogP contribution in [0.2, 0.25) is 0 Å². The lowest BCUT2D eigenvalue weighted by Crippen LogP contribution is -2.03. The Hall–Kier alpha value is -0.510. The quantitative estimate of drug-likeness (QED) is 0.638. The summed E-state index contributed by atoms with van der Waals surface area (Å²) in [4.78, 5) is 0. The molecule has 0 fully saturated rings. The van der Waals surface area contributed by atoms with Crippen LogP contribution >= 0.6 is 10.0 Å². The summed E-state index contributed by atoms with van der Waals surface area (Å²) < 4.78 is 2.06. The molecule has 0 saturated carbocycles. The number of hydrogen-bond acceptors (Lipinski definition) is 2. The summed E-state index contributed by atoms with van der Waals surface area (Å²) in [6.45, 7) is 1.97. The summed E-state index contributed by atoms with van der Waals surface area (Å²) in [5, 5.41) is 9.27. The number of aryl methyl sites for hydroxylation is 1. The molecule has 0 bridgehead atoms. The molecule has 11 heavy (non-hydrogen) atoms. The zero-order chi connectivity index (χ0) is 8.65. The fourth-order valence-electron chi connectivity index (χ4n) is 0.921. The summed E-state index contributed by atoms with van der Waals surface area (Å²) in [5.41, 5.74) is 0. The molecule has 1 aromatic heterocycles. The van der Waals surface area contributed by atoms with Crippen molar-refractivity contribution in [3.05, 3.63) is 5.82 Å². The van der Waals surface area contributed by atoms with Crippen LogP contribution < -0.4 is 0 Å². The maximum Gasteiger partial charge on any atom is 0.172 e. The van der Waals surface area contributed by atoms with Gasteiger partial charge in [0, 0.05) is 7.05 Å². The highest BCUT2D eigenvalue weighted by Gasteiger charge is 2.15. The highest BCUT2D eigenvalue weighted by Crippen LogP contribution is 2.43. The van der Waals surface area contributed by atoms with Crippen molar-refractivity contribution < 1.29 is 0 Å². The molecular weight excluding hydrogens is 158 g/mol. The molecule has 1 aromatic rings. The van der Waals surface area contributed by atoms with E-state index in [4.69, 9.17) is 0 Å². The Morgan fingerprint density at radius 2 is 1.73 bits per heavy atom. The third-order valence-corrected chi connectivity index (χ3v) is 3.05. The number of hydrogen-bond donors (Lipinski definition) is 0. The van der Waals surface area contributed by atoms with Gasteiger partial charge in [-0.3, -0.25) is 0 Å². The Balaban J connectivity index is 3.15. The fraction of sp³-hybridized carbons (Fsp3) is 0.714. The average molecular weight is 173 g/mol. The monoisotopic (exact) mass is 173 g/mol. The first kappa shape index (κ1) is 8.59. The van der Waals surface area contributed by atoms with Gasteiger partial charge >= 0.3 is 0 Å². The van der Waals surface area contributed by atoms with E-state index in [1.54, 1.807) is 0 Å². The molecule has 0 aliphatic rings. The summed E-state index contributed by atoms with van der Waals surface area (Å²) >= 11 is 0. The fourth-order valence-corrected chi connectivity index (χ4v) is 2.16. The molecule has 64 valence electrons. The average Bonchev–Trinajstić information content (AvgIpc) is 2.11. The molecule has 0 unspecified atom stereocenters. The van der Waals surface area contributed by atoms with Gasteiger partial charge in [0.1, 0.15) is 5.82 Å². The summed E-state index contributed by atoms with van der Waals surface area (Å²) in [6, 6.07) is 0. The first-order valence-corrected chi connectivity index (χ1v) is 6.33. The molecule has 0 spiro atoms. The van der Waals surface area contributed by atoms with E-state index in [0.717, 1.165) is 11.0 Å². The van der Waals surface area contributed by atoms with Gasteiger partial charge in [-0.2, -0.15) is 10.0 Å². The molecule has 0 N–H and O–H groups in total. The molecule has 0 aliphatic heterocycles. The first-order chi connectivity index (χ1) is 4.93. The Labute approximate surface area is 69.1 Å². The molecule has 4 heteroatoms. The zero-order valence-corrected chi connectivity index (χ0v) is 8.57. The smallest absolute Gasteiger partial charge is 0.172 e. The molecule has 0 radical (unpaired) electrons. The van der Waals surface area contributed by atoms with Gasteiger partial charge in [-0.1, -0.05) is 0 Å². The maximum absolute atomic E-state index is 4.14. The second-order valence-electron chi connectivity index (χ2n) is 3.43. The normalized spacial score (nSPS) is 13.5. The maximum atomic E-state index is 4.14. The van der Waals surface area contributed by atoms with E-state index < -0.39 is 10.0 Å². The van der Waals surface area contributed by atoms with Crippen LogP contribution in [0.25, 0.3) is 0 Å². The third kappa shape index (κ3) is 1.56. The highest BCUT2D eigenvalue weighted by atomic mass is 32.3. The van der Waals surface area contributed by atoms with Crippen molar-refractivity contribution in [2.45, 2.75) is 12.1 Å². The SMILES string of the molecule is Cc1nnc(S(C)(C)C)n1C. The van der Waals surface area contributed by atoms with E-state index in [1.807, 2.05) is 14.0 Å². The van der Waals surface area contributed by atoms with E-state index in [-0.39, 0.29) is 0 Å². The molecule has 3 nitrogen and oxygen atoms in total. The lowest BCUT2D eigenvalue weighted by atomic mass is 10.7. The zero-order valence-electron chi connectivity index (χ0n) is 7.75. The van der Waals surface area contributed by atoms with Gasteiger partial charge in [0.25, 0.3) is 0 Å². The number of nitrogens with zero attached hydrogens (tertiary/aromatic N) is 3. The minimum atomic E-state index is -0.723. The van der Waals surface area contributed by atoms with Crippen LogP contribution in [0.5, 0.6) is 0 Å². The van der Waals surface area contributed by atoms with Crippen molar-refractivity contribution >= 4 is 10.0 Å². The van der Waals surface area contributed by atoms with Gasteiger partial charge in [0.2, 0.25) is 0 Å². The number of aromatic nitrogens is 3. The van der Waals surface area contributed by atoms with Gasteiger partial charge in [0.15, 0.2) is 5.16 Å². The van der Waals surface area contributed by atoms with Crippen molar-refractivity contribution in [1.82, 2.24) is 14.8 Å². The predicted octanol–water partition coefficient (Wildman–Crippen LogP) is 1.18. The minimum Gasteiger partial charge on any atom is -0.311 e. The van der Waals surface area contributed by atoms with E-state index in [2.05, 4.69) is 33.5 Å². The van der Waals surface area contributed by atoms with Crippen molar-refractivity contribution in [3.8, 4) is 0 Å². The van der Waals surface area contributed by atoms with Crippen molar-refractivity contribution in [3.63, 3.8) is 0 Å². The van der Waals surface area contributed by atoms with E-state index in [9.17, 15) is 0 Å². The summed E-state index contributed by atoms with van der Waals surface area (Å²) in [5.74, 6) is 0.988. The molecule has 0 saturated heterocycles. The van der Waals surface area contributed by atoms with E-state index in [1.165, 1.54) is 0 Å². The Bertz CT molecular complexity index is 259. The minimum absolute atomic E-state index is 0.723. The molecule has 0 aromatic carbocycles. The topological polar surface area (TPSA) is 30.7 Å². The van der Waals surface area contributed by atoms with Gasteiger partial charge < -0.3 is 4.57 Å². The van der Waals surface area contributed by atoms with E-state index in [0.29, 0.717) is 0 Å². The van der Waals surface area contributed by atoms with Gasteiger partial charge in [0.05, 0.1) is 0 Å². The van der Waals surface area contributed by atoms with Crippen molar-refractivity contribution in [2.75, 3.05) is 18.8 Å². The second kappa shape index (κ2) is 2.52. The van der Waals surface area contributed by atoms with Crippen LogP contribution in [0, 0.1) is 6.92 Å². The number of rotatable bonds is 1. The molecule has 0 atom stereocenters. The Morgan fingerprint density at radius 3 is 1.91 bits per heavy atom. The lowest BCUT2D eigenvalue weighted by Gasteiger charge is -2.23. The summed E-state index contributed by atoms with van der Waals surface area (Å²) in [7, 11) is 1.29. The van der Waals surface area contributed by atoms with Crippen LogP contribution in [-0.2, 0) is 7.05 Å². The lowest BCUT2D eigenvalue weighted by molar-refractivity contribution is 0.761. The van der Waals surface area contributed by atoms with Crippen LogP contribution in [0.1, 0.15) is 5.82 Å². The van der Waals surface area contributed by atoms with E-state index >= 15 is 0 Å². The van der Waals surface area contributed by atoms with Gasteiger partial charge in [-0.05, 0) is 25.7 Å². The summed E-state index contributed by atoms with van der Waals surface area (Å²) in [6.07, 6.45) is 6.66. The molecule has 1 rings (SSSR count). The Kier molecular flexibility index (Phi) is 1.96. The van der Waals surface area contributed by atoms with Crippen LogP contribution in [-0.4, -0.2) is 33.5 Å². The van der Waals surface area contributed by atoms with Gasteiger partial charge in [-0.25, -0.2) is 0 Å². The standard InChI is InChI=1S/C7H15N3S/c1-6-8-9-7(10(6)2)11(3,4)5/h1-5H3. The van der Waals surface area contributed by atoms with Crippen molar-refractivity contribution in [2.24, 2.45) is 7.05 Å². The van der Waals surface area contributed by atoms with Crippen LogP contribution in [0.15, 0.2) is 5.16 Å². The van der Waals surface area contributed by atoms with Gasteiger partial charge in [-0.15, -0.1) is 10.2 Å². The largest absolute Gasteiger partial charge is 0.311 e. The molecular formula is C7H15N3S. The van der Waals surface area contributed by atoms with Crippen LogP contribution in [0.4, 0.5) is 0 Å². The molecule has 0 aliphatic carbocycles. The van der Waals surface area contributed by atoms with Crippen molar-refractivity contribution in [1.29, 1.82) is 0 Å². The molecule has 1 heterocycles. The first-order valence-electron chi connectivity index (χ1n) is 3.47. The highest BCUT2D eigenvalue weighted by molar-refractivity contribution is 8.32. The predicted molar refractivity (Wildman–Crippen MR) is 49.4 cm³/mol. The Morgan fingerprint density at radius 1 is 1.18 bits per heavy atom. The van der Waals surface area contributed by atoms with Crippen LogP contribution in [0.3, 0.4) is 0 Å².